The Hall–Kier alpha value is -2.28. The minimum Gasteiger partial charge on any atom is -0.365 e. The first-order valence-corrected chi connectivity index (χ1v) is 5.85. The number of nitrogens with two attached hydrogens (primary N) is 1. The van der Waals surface area contributed by atoms with Gasteiger partial charge in [0.15, 0.2) is 0 Å². The number of hydrogen-bond acceptors (Lipinski definition) is 4. The fourth-order valence-corrected chi connectivity index (χ4v) is 1.67. The monoisotopic (exact) mass is 298 g/mol. The quantitative estimate of drug-likeness (QED) is 0.847. The third-order valence-corrected chi connectivity index (χ3v) is 2.66. The van der Waals surface area contributed by atoms with E-state index in [-0.39, 0.29) is 28.8 Å². The Morgan fingerprint density at radius 3 is 2.85 bits per heavy atom. The Bertz CT molecular complexity index is 666. The maximum absolute atomic E-state index is 13.5. The predicted octanol–water partition coefficient (Wildman–Crippen LogP) is 2.12. The number of benzene rings is 1. The van der Waals surface area contributed by atoms with E-state index in [9.17, 15) is 13.6 Å². The van der Waals surface area contributed by atoms with Crippen molar-refractivity contribution in [1.29, 1.82) is 0 Å². The summed E-state index contributed by atoms with van der Waals surface area (Å²) in [4.78, 5) is 18.6. The lowest BCUT2D eigenvalue weighted by atomic mass is 10.2. The summed E-state index contributed by atoms with van der Waals surface area (Å²) in [5, 5.41) is 2.58. The number of carbonyl (C=O) groups excluding carboxylic acids is 1. The fourth-order valence-electron chi connectivity index (χ4n) is 1.53. The molecule has 2 aromatic rings. The molecule has 1 aromatic carbocycles. The highest BCUT2D eigenvalue weighted by Crippen LogP contribution is 2.16. The topological polar surface area (TPSA) is 80.9 Å². The van der Waals surface area contributed by atoms with Crippen LogP contribution in [0.15, 0.2) is 24.4 Å². The first-order chi connectivity index (χ1) is 9.47. The Morgan fingerprint density at radius 1 is 1.40 bits per heavy atom. The van der Waals surface area contributed by atoms with Crippen LogP contribution < -0.4 is 11.1 Å². The van der Waals surface area contributed by atoms with Gasteiger partial charge in [0.1, 0.15) is 17.5 Å². The molecule has 0 saturated carbocycles. The van der Waals surface area contributed by atoms with Gasteiger partial charge in [0.05, 0.1) is 5.56 Å². The number of anilines is 1. The van der Waals surface area contributed by atoms with Crippen molar-refractivity contribution in [3.8, 4) is 0 Å². The van der Waals surface area contributed by atoms with Crippen LogP contribution in [-0.4, -0.2) is 15.9 Å². The fraction of sp³-hybridized carbons (Fsp3) is 0.0833. The molecule has 20 heavy (non-hydrogen) atoms. The van der Waals surface area contributed by atoms with Crippen LogP contribution in [0.2, 0.25) is 5.28 Å². The molecular weight excluding hydrogens is 290 g/mol. The van der Waals surface area contributed by atoms with Crippen molar-refractivity contribution in [2.45, 2.75) is 6.54 Å². The SMILES string of the molecule is NC(=O)c1cnc(Cl)nc1NCc1cc(F)ccc1F. The van der Waals surface area contributed by atoms with Crippen molar-refractivity contribution in [2.75, 3.05) is 5.32 Å². The van der Waals surface area contributed by atoms with Crippen LogP contribution in [0.4, 0.5) is 14.6 Å². The zero-order valence-electron chi connectivity index (χ0n) is 10.0. The predicted molar refractivity (Wildman–Crippen MR) is 69.2 cm³/mol. The third kappa shape index (κ3) is 3.18. The molecule has 0 spiro atoms. The van der Waals surface area contributed by atoms with Crippen LogP contribution in [0.5, 0.6) is 0 Å². The highest BCUT2D eigenvalue weighted by atomic mass is 35.5. The summed E-state index contributed by atoms with van der Waals surface area (Å²) in [6.07, 6.45) is 1.15. The van der Waals surface area contributed by atoms with E-state index in [4.69, 9.17) is 17.3 Å². The average Bonchev–Trinajstić information content (AvgIpc) is 2.39. The van der Waals surface area contributed by atoms with E-state index in [0.717, 1.165) is 24.4 Å². The van der Waals surface area contributed by atoms with E-state index in [0.29, 0.717) is 0 Å². The Balaban J connectivity index is 2.24. The van der Waals surface area contributed by atoms with Gasteiger partial charge in [-0.05, 0) is 29.8 Å². The van der Waals surface area contributed by atoms with Crippen LogP contribution in [0.3, 0.4) is 0 Å². The van der Waals surface area contributed by atoms with Crippen LogP contribution >= 0.6 is 11.6 Å². The van der Waals surface area contributed by atoms with Gasteiger partial charge in [-0.1, -0.05) is 0 Å². The number of aromatic nitrogens is 2. The molecule has 104 valence electrons. The van der Waals surface area contributed by atoms with Gasteiger partial charge < -0.3 is 11.1 Å². The maximum atomic E-state index is 13.5. The molecule has 8 heteroatoms. The molecule has 0 aliphatic rings. The lowest BCUT2D eigenvalue weighted by Gasteiger charge is -2.09. The Labute approximate surface area is 117 Å². The molecule has 0 fully saturated rings. The van der Waals surface area contributed by atoms with Gasteiger partial charge in [0.25, 0.3) is 5.91 Å². The number of nitrogens with one attached hydrogen (secondary N) is 1. The largest absolute Gasteiger partial charge is 0.365 e. The van der Waals surface area contributed by atoms with Crippen LogP contribution in [0.25, 0.3) is 0 Å². The highest BCUT2D eigenvalue weighted by molar-refractivity contribution is 6.28. The molecule has 1 amide bonds. The zero-order valence-corrected chi connectivity index (χ0v) is 10.8. The van der Waals surface area contributed by atoms with Crippen molar-refractivity contribution < 1.29 is 13.6 Å². The lowest BCUT2D eigenvalue weighted by Crippen LogP contribution is -2.16. The van der Waals surface area contributed by atoms with Gasteiger partial charge >= 0.3 is 0 Å². The molecular formula is C12H9ClF2N4O. The van der Waals surface area contributed by atoms with Crippen molar-refractivity contribution in [1.82, 2.24) is 9.97 Å². The highest BCUT2D eigenvalue weighted by Gasteiger charge is 2.12. The molecule has 0 bridgehead atoms. The van der Waals surface area contributed by atoms with E-state index >= 15 is 0 Å². The Kier molecular flexibility index (Phi) is 4.09. The normalized spacial score (nSPS) is 10.3. The zero-order chi connectivity index (χ0) is 14.7. The molecule has 5 nitrogen and oxygen atoms in total. The average molecular weight is 299 g/mol. The number of amides is 1. The second kappa shape index (κ2) is 5.79. The second-order valence-corrected chi connectivity index (χ2v) is 4.19. The van der Waals surface area contributed by atoms with E-state index in [1.54, 1.807) is 0 Å². The summed E-state index contributed by atoms with van der Waals surface area (Å²) < 4.78 is 26.5. The standard InChI is InChI=1S/C12H9ClF2N4O/c13-12-18-5-8(10(16)20)11(19-12)17-4-6-3-7(14)1-2-9(6)15/h1-3,5H,4H2,(H2,16,20)(H,17,18,19). The molecule has 0 radical (unpaired) electrons. The number of primary amides is 1. The number of halogens is 3. The van der Waals surface area contributed by atoms with Gasteiger partial charge in [-0.15, -0.1) is 0 Å². The first-order valence-electron chi connectivity index (χ1n) is 5.47. The number of rotatable bonds is 4. The van der Waals surface area contributed by atoms with Crippen LogP contribution in [0, 0.1) is 11.6 Å². The molecule has 0 saturated heterocycles. The second-order valence-electron chi connectivity index (χ2n) is 3.85. The third-order valence-electron chi connectivity index (χ3n) is 2.48. The van der Waals surface area contributed by atoms with Crippen molar-refractivity contribution in [3.05, 3.63) is 52.4 Å². The maximum Gasteiger partial charge on any atom is 0.254 e. The molecule has 2 rings (SSSR count). The first kappa shape index (κ1) is 14.1. The van der Waals surface area contributed by atoms with Gasteiger partial charge in [0, 0.05) is 18.3 Å². The summed E-state index contributed by atoms with van der Waals surface area (Å²) in [5.41, 5.74) is 5.24. The smallest absolute Gasteiger partial charge is 0.254 e. The minimum atomic E-state index is -0.760. The van der Waals surface area contributed by atoms with Gasteiger partial charge in [-0.25, -0.2) is 13.8 Å². The minimum absolute atomic E-state index is 0.00575. The molecule has 1 heterocycles. The molecule has 3 N–H and O–H groups in total. The van der Waals surface area contributed by atoms with E-state index < -0.39 is 17.5 Å². The number of carbonyl (C=O) groups is 1. The molecule has 0 aliphatic heterocycles. The molecule has 0 unspecified atom stereocenters. The van der Waals surface area contributed by atoms with Crippen LogP contribution in [-0.2, 0) is 6.54 Å². The van der Waals surface area contributed by atoms with Gasteiger partial charge in [0.2, 0.25) is 5.28 Å². The Morgan fingerprint density at radius 2 is 2.15 bits per heavy atom. The summed E-state index contributed by atoms with van der Waals surface area (Å²) in [5.74, 6) is -1.86. The van der Waals surface area contributed by atoms with Gasteiger partial charge in [-0.2, -0.15) is 4.98 Å². The van der Waals surface area contributed by atoms with E-state index in [1.807, 2.05) is 0 Å². The number of nitrogens with zero attached hydrogens (tertiary/aromatic N) is 2. The summed E-state index contributed by atoms with van der Waals surface area (Å²) in [7, 11) is 0. The van der Waals surface area contributed by atoms with E-state index in [1.165, 1.54) is 0 Å². The molecule has 0 aliphatic carbocycles. The lowest BCUT2D eigenvalue weighted by molar-refractivity contribution is 0.100. The van der Waals surface area contributed by atoms with E-state index in [2.05, 4.69) is 15.3 Å². The summed E-state index contributed by atoms with van der Waals surface area (Å²) in [6.45, 7) is -0.0861. The summed E-state index contributed by atoms with van der Waals surface area (Å²) in [6, 6.07) is 3.05. The van der Waals surface area contributed by atoms with Crippen molar-refractivity contribution in [2.24, 2.45) is 5.73 Å². The van der Waals surface area contributed by atoms with Gasteiger partial charge in [-0.3, -0.25) is 4.79 Å². The van der Waals surface area contributed by atoms with Crippen molar-refractivity contribution >= 4 is 23.3 Å². The van der Waals surface area contributed by atoms with Crippen LogP contribution in [0.1, 0.15) is 15.9 Å². The molecule has 1 aromatic heterocycles. The summed E-state index contributed by atoms with van der Waals surface area (Å²) >= 11 is 5.61. The number of hydrogen-bond donors (Lipinski definition) is 2. The molecule has 0 atom stereocenters. The van der Waals surface area contributed by atoms with Crippen molar-refractivity contribution in [3.63, 3.8) is 0 Å².